The molecule has 4 heteroatoms. The standard InChI is InChI=1S/C13H18FNO2/c1-2-17-13-4-3-11(9-12(13)14)15-10-5-7-16-8-6-10/h3-4,9-10,15H,2,5-8H2,1H3. The molecule has 0 atom stereocenters. The molecule has 0 aliphatic carbocycles. The van der Waals surface area contributed by atoms with Crippen LogP contribution in [0, 0.1) is 5.82 Å². The van der Waals surface area contributed by atoms with Gasteiger partial charge in [-0.25, -0.2) is 4.39 Å². The Morgan fingerprint density at radius 2 is 2.18 bits per heavy atom. The molecule has 1 heterocycles. The van der Waals surface area contributed by atoms with Crippen LogP contribution in [0.5, 0.6) is 5.75 Å². The number of halogens is 1. The van der Waals surface area contributed by atoms with Crippen LogP contribution in [0.2, 0.25) is 0 Å². The van der Waals surface area contributed by atoms with Gasteiger partial charge in [-0.2, -0.15) is 0 Å². The highest BCUT2D eigenvalue weighted by atomic mass is 19.1. The summed E-state index contributed by atoms with van der Waals surface area (Å²) in [5, 5.41) is 3.32. The summed E-state index contributed by atoms with van der Waals surface area (Å²) in [5.74, 6) is -0.00561. The monoisotopic (exact) mass is 239 g/mol. The fraction of sp³-hybridized carbons (Fsp3) is 0.538. The summed E-state index contributed by atoms with van der Waals surface area (Å²) in [7, 11) is 0. The van der Waals surface area contributed by atoms with E-state index in [-0.39, 0.29) is 5.82 Å². The molecule has 3 nitrogen and oxygen atoms in total. The van der Waals surface area contributed by atoms with Crippen LogP contribution in [-0.4, -0.2) is 25.9 Å². The van der Waals surface area contributed by atoms with Gasteiger partial charge in [0.2, 0.25) is 0 Å². The van der Waals surface area contributed by atoms with Gasteiger partial charge in [-0.15, -0.1) is 0 Å². The predicted octanol–water partition coefficient (Wildman–Crippen LogP) is 2.82. The van der Waals surface area contributed by atoms with Crippen LogP contribution in [0.1, 0.15) is 19.8 Å². The molecule has 0 radical (unpaired) electrons. The zero-order chi connectivity index (χ0) is 12.1. The van der Waals surface area contributed by atoms with Crippen molar-refractivity contribution in [1.82, 2.24) is 0 Å². The van der Waals surface area contributed by atoms with Gasteiger partial charge in [-0.1, -0.05) is 0 Å². The van der Waals surface area contributed by atoms with Gasteiger partial charge in [0.05, 0.1) is 6.61 Å². The van der Waals surface area contributed by atoms with Crippen LogP contribution < -0.4 is 10.1 Å². The first-order chi connectivity index (χ1) is 8.29. The molecule has 1 saturated heterocycles. The number of hydrogen-bond donors (Lipinski definition) is 1. The summed E-state index contributed by atoms with van der Waals surface area (Å²) in [4.78, 5) is 0. The van der Waals surface area contributed by atoms with Crippen LogP contribution in [0.25, 0.3) is 0 Å². The Kier molecular flexibility index (Phi) is 4.20. The van der Waals surface area contributed by atoms with Crippen molar-refractivity contribution in [2.75, 3.05) is 25.1 Å². The van der Waals surface area contributed by atoms with Crippen LogP contribution >= 0.6 is 0 Å². The van der Waals surface area contributed by atoms with Gasteiger partial charge in [0.25, 0.3) is 0 Å². The molecule has 0 unspecified atom stereocenters. The van der Waals surface area contributed by atoms with Crippen LogP contribution in [0.4, 0.5) is 10.1 Å². The molecule has 1 fully saturated rings. The van der Waals surface area contributed by atoms with Crippen LogP contribution in [0.15, 0.2) is 18.2 Å². The lowest BCUT2D eigenvalue weighted by Crippen LogP contribution is -2.27. The lowest BCUT2D eigenvalue weighted by molar-refractivity contribution is 0.0904. The molecule has 0 amide bonds. The summed E-state index contributed by atoms with van der Waals surface area (Å²) in [5.41, 5.74) is 0.804. The Morgan fingerprint density at radius 1 is 1.41 bits per heavy atom. The number of nitrogens with one attached hydrogen (secondary N) is 1. The summed E-state index contributed by atoms with van der Waals surface area (Å²) < 4.78 is 24.0. The maximum atomic E-state index is 13.6. The van der Waals surface area contributed by atoms with E-state index in [4.69, 9.17) is 9.47 Å². The SMILES string of the molecule is CCOc1ccc(NC2CCOCC2)cc1F. The molecule has 0 aromatic heterocycles. The highest BCUT2D eigenvalue weighted by molar-refractivity contribution is 5.48. The van der Waals surface area contributed by atoms with E-state index >= 15 is 0 Å². The predicted molar refractivity (Wildman–Crippen MR) is 65.0 cm³/mol. The average Bonchev–Trinajstić information content (AvgIpc) is 2.34. The minimum Gasteiger partial charge on any atom is -0.491 e. The second-order valence-electron chi connectivity index (χ2n) is 4.11. The van der Waals surface area contributed by atoms with Crippen molar-refractivity contribution in [3.05, 3.63) is 24.0 Å². The largest absolute Gasteiger partial charge is 0.491 e. The number of hydrogen-bond acceptors (Lipinski definition) is 3. The molecule has 94 valence electrons. The lowest BCUT2D eigenvalue weighted by Gasteiger charge is -2.24. The third-order valence-corrected chi connectivity index (χ3v) is 2.82. The van der Waals surface area contributed by atoms with E-state index in [2.05, 4.69) is 5.32 Å². The van der Waals surface area contributed by atoms with Crippen LogP contribution in [0.3, 0.4) is 0 Å². The Bertz CT molecular complexity index is 364. The van der Waals surface area contributed by atoms with Gasteiger partial charge in [-0.3, -0.25) is 0 Å². The number of anilines is 1. The normalized spacial score (nSPS) is 16.8. The molecule has 0 bridgehead atoms. The average molecular weight is 239 g/mol. The van der Waals surface area contributed by atoms with Crippen molar-refractivity contribution >= 4 is 5.69 Å². The van der Waals surface area contributed by atoms with E-state index < -0.39 is 0 Å². The van der Waals surface area contributed by atoms with Gasteiger partial charge in [0.15, 0.2) is 11.6 Å². The van der Waals surface area contributed by atoms with Crippen molar-refractivity contribution in [3.8, 4) is 5.75 Å². The number of rotatable bonds is 4. The van der Waals surface area contributed by atoms with E-state index in [9.17, 15) is 4.39 Å². The highest BCUT2D eigenvalue weighted by Crippen LogP contribution is 2.23. The van der Waals surface area contributed by atoms with Gasteiger partial charge in [-0.05, 0) is 31.9 Å². The summed E-state index contributed by atoms with van der Waals surface area (Å²) >= 11 is 0. The minimum atomic E-state index is -0.316. The van der Waals surface area contributed by atoms with E-state index in [1.54, 1.807) is 6.07 Å². The van der Waals surface area contributed by atoms with Crippen molar-refractivity contribution in [2.45, 2.75) is 25.8 Å². The maximum absolute atomic E-state index is 13.6. The zero-order valence-electron chi connectivity index (χ0n) is 10.0. The minimum absolute atomic E-state index is 0.310. The maximum Gasteiger partial charge on any atom is 0.167 e. The second-order valence-corrected chi connectivity index (χ2v) is 4.11. The van der Waals surface area contributed by atoms with E-state index in [0.29, 0.717) is 18.4 Å². The summed E-state index contributed by atoms with van der Waals surface area (Å²) in [6.07, 6.45) is 1.93. The van der Waals surface area contributed by atoms with E-state index in [1.807, 2.05) is 13.0 Å². The Hall–Kier alpha value is -1.29. The number of benzene rings is 1. The van der Waals surface area contributed by atoms with Gasteiger partial charge in [0.1, 0.15) is 0 Å². The third-order valence-electron chi connectivity index (χ3n) is 2.82. The van der Waals surface area contributed by atoms with Crippen molar-refractivity contribution in [3.63, 3.8) is 0 Å². The van der Waals surface area contributed by atoms with Gasteiger partial charge in [0, 0.05) is 31.0 Å². The van der Waals surface area contributed by atoms with Crippen molar-refractivity contribution < 1.29 is 13.9 Å². The number of ether oxygens (including phenoxy) is 2. The first kappa shape index (κ1) is 12.2. The third kappa shape index (κ3) is 3.33. The molecule has 1 aliphatic rings. The Balaban J connectivity index is 1.98. The first-order valence-electron chi connectivity index (χ1n) is 6.06. The molecular formula is C13H18FNO2. The smallest absolute Gasteiger partial charge is 0.167 e. The molecule has 1 aromatic rings. The lowest BCUT2D eigenvalue weighted by atomic mass is 10.1. The zero-order valence-corrected chi connectivity index (χ0v) is 10.0. The molecule has 2 rings (SSSR count). The molecule has 1 aliphatic heterocycles. The Labute approximate surface area is 101 Å². The fourth-order valence-corrected chi connectivity index (χ4v) is 1.94. The van der Waals surface area contributed by atoms with E-state index in [1.165, 1.54) is 6.07 Å². The van der Waals surface area contributed by atoms with E-state index in [0.717, 1.165) is 31.7 Å². The molecule has 1 aromatic carbocycles. The summed E-state index contributed by atoms with van der Waals surface area (Å²) in [6, 6.07) is 5.38. The topological polar surface area (TPSA) is 30.5 Å². The molecule has 0 spiro atoms. The molecule has 0 saturated carbocycles. The molecular weight excluding hydrogens is 221 g/mol. The molecule has 17 heavy (non-hydrogen) atoms. The second kappa shape index (κ2) is 5.87. The van der Waals surface area contributed by atoms with Crippen molar-refractivity contribution in [2.24, 2.45) is 0 Å². The Morgan fingerprint density at radius 3 is 2.82 bits per heavy atom. The summed E-state index contributed by atoms with van der Waals surface area (Å²) in [6.45, 7) is 3.87. The van der Waals surface area contributed by atoms with Gasteiger partial charge >= 0.3 is 0 Å². The molecule has 1 N–H and O–H groups in total. The fourth-order valence-electron chi connectivity index (χ4n) is 1.94. The quantitative estimate of drug-likeness (QED) is 0.876. The van der Waals surface area contributed by atoms with Gasteiger partial charge < -0.3 is 14.8 Å². The van der Waals surface area contributed by atoms with Crippen LogP contribution in [-0.2, 0) is 4.74 Å². The first-order valence-corrected chi connectivity index (χ1v) is 6.06. The highest BCUT2D eigenvalue weighted by Gasteiger charge is 2.14. The van der Waals surface area contributed by atoms with Crippen molar-refractivity contribution in [1.29, 1.82) is 0 Å².